The number of unbranched alkanes of at least 4 members (excludes halogenated alkanes) is 1. The molecule has 0 saturated heterocycles. The maximum absolute atomic E-state index is 12.4. The van der Waals surface area contributed by atoms with E-state index in [0.717, 1.165) is 31.4 Å². The van der Waals surface area contributed by atoms with Gasteiger partial charge in [0.05, 0.1) is 17.8 Å². The van der Waals surface area contributed by atoms with Crippen LogP contribution >= 0.6 is 11.6 Å². The molecule has 136 valence electrons. The summed E-state index contributed by atoms with van der Waals surface area (Å²) >= 11 is 6.39. The minimum Gasteiger partial charge on any atom is -0.381 e. The molecule has 0 aliphatic rings. The Balaban J connectivity index is 1.87. The molecule has 0 unspecified atom stereocenters. The monoisotopic (exact) mass is 363 g/mol. The van der Waals surface area contributed by atoms with E-state index in [2.05, 4.69) is 17.3 Å². The third-order valence-electron chi connectivity index (χ3n) is 3.86. The second-order valence-electron chi connectivity index (χ2n) is 5.97. The van der Waals surface area contributed by atoms with Crippen LogP contribution in [-0.4, -0.2) is 35.4 Å². The maximum atomic E-state index is 12.4. The van der Waals surface area contributed by atoms with Crippen molar-refractivity contribution in [3.05, 3.63) is 52.3 Å². The fourth-order valence-electron chi connectivity index (χ4n) is 2.49. The number of carbonyl (C=O) groups excluding carboxylic acids is 1. The van der Waals surface area contributed by atoms with Crippen molar-refractivity contribution in [1.82, 2.24) is 15.1 Å². The van der Waals surface area contributed by atoms with E-state index in [1.54, 1.807) is 11.6 Å². The van der Waals surface area contributed by atoms with Crippen molar-refractivity contribution < 1.29 is 9.53 Å². The van der Waals surface area contributed by atoms with Crippen molar-refractivity contribution in [2.75, 3.05) is 19.8 Å². The van der Waals surface area contributed by atoms with Gasteiger partial charge in [0.2, 0.25) is 0 Å². The number of nitrogens with one attached hydrogen (secondary N) is 1. The van der Waals surface area contributed by atoms with Gasteiger partial charge in [0.25, 0.3) is 5.91 Å². The number of hydrogen-bond acceptors (Lipinski definition) is 3. The van der Waals surface area contributed by atoms with Crippen LogP contribution in [0.5, 0.6) is 0 Å². The van der Waals surface area contributed by atoms with E-state index in [9.17, 15) is 4.79 Å². The zero-order valence-corrected chi connectivity index (χ0v) is 15.7. The van der Waals surface area contributed by atoms with Crippen LogP contribution in [0.15, 0.2) is 30.3 Å². The van der Waals surface area contributed by atoms with Crippen LogP contribution < -0.4 is 5.32 Å². The van der Waals surface area contributed by atoms with Crippen LogP contribution in [-0.2, 0) is 11.3 Å². The predicted octanol–water partition coefficient (Wildman–Crippen LogP) is 3.83. The third kappa shape index (κ3) is 5.87. The largest absolute Gasteiger partial charge is 0.381 e. The molecule has 0 aliphatic heterocycles. The van der Waals surface area contributed by atoms with Crippen molar-refractivity contribution in [1.29, 1.82) is 0 Å². The Morgan fingerprint density at radius 1 is 1.24 bits per heavy atom. The van der Waals surface area contributed by atoms with E-state index in [4.69, 9.17) is 16.3 Å². The zero-order chi connectivity index (χ0) is 18.1. The van der Waals surface area contributed by atoms with E-state index >= 15 is 0 Å². The first-order valence-corrected chi connectivity index (χ1v) is 9.14. The molecule has 6 heteroatoms. The fraction of sp³-hybridized carbons (Fsp3) is 0.474. The molecule has 0 atom stereocenters. The number of aromatic nitrogens is 2. The highest BCUT2D eigenvalue weighted by Crippen LogP contribution is 2.20. The molecule has 0 radical (unpaired) electrons. The van der Waals surface area contributed by atoms with Gasteiger partial charge in [0.1, 0.15) is 5.15 Å². The minimum atomic E-state index is -0.185. The van der Waals surface area contributed by atoms with Crippen molar-refractivity contribution in [2.24, 2.45) is 0 Å². The first kappa shape index (κ1) is 19.5. The Morgan fingerprint density at radius 2 is 1.96 bits per heavy atom. The Bertz CT molecular complexity index is 671. The lowest BCUT2D eigenvalue weighted by Gasteiger charge is -2.06. The second kappa shape index (κ2) is 10.2. The second-order valence-corrected chi connectivity index (χ2v) is 6.33. The molecule has 1 aromatic carbocycles. The number of halogens is 1. The lowest BCUT2D eigenvalue weighted by Crippen LogP contribution is -2.26. The highest BCUT2D eigenvalue weighted by Gasteiger charge is 2.20. The molecule has 5 nitrogen and oxygen atoms in total. The molecule has 0 spiro atoms. The summed E-state index contributed by atoms with van der Waals surface area (Å²) in [5.41, 5.74) is 2.17. The summed E-state index contributed by atoms with van der Waals surface area (Å²) in [6, 6.07) is 9.91. The number of benzene rings is 1. The van der Waals surface area contributed by atoms with Crippen LogP contribution in [0.4, 0.5) is 0 Å². The van der Waals surface area contributed by atoms with Crippen molar-refractivity contribution >= 4 is 17.5 Å². The standard InChI is InChI=1S/C19H26ClN3O2/c1-3-4-12-25-13-8-11-21-19(24)17-15(2)22-23(18(17)20)14-16-9-6-5-7-10-16/h5-7,9-10H,3-4,8,11-14H2,1-2H3,(H,21,24). The van der Waals surface area contributed by atoms with Gasteiger partial charge in [-0.25, -0.2) is 4.68 Å². The highest BCUT2D eigenvalue weighted by atomic mass is 35.5. The number of ether oxygens (including phenoxy) is 1. The molecule has 2 rings (SSSR count). The average Bonchev–Trinajstić information content (AvgIpc) is 2.88. The smallest absolute Gasteiger partial charge is 0.256 e. The summed E-state index contributed by atoms with van der Waals surface area (Å²) < 4.78 is 7.15. The molecule has 0 bridgehead atoms. The molecule has 25 heavy (non-hydrogen) atoms. The fourth-order valence-corrected chi connectivity index (χ4v) is 2.81. The van der Waals surface area contributed by atoms with Crippen LogP contribution in [0, 0.1) is 6.92 Å². The van der Waals surface area contributed by atoms with Gasteiger partial charge in [-0.1, -0.05) is 55.3 Å². The molecule has 0 aliphatic carbocycles. The van der Waals surface area contributed by atoms with Crippen molar-refractivity contribution in [3.63, 3.8) is 0 Å². The van der Waals surface area contributed by atoms with Crippen LogP contribution in [0.25, 0.3) is 0 Å². The molecular formula is C19H26ClN3O2. The van der Waals surface area contributed by atoms with Gasteiger partial charge < -0.3 is 10.1 Å². The van der Waals surface area contributed by atoms with Crippen molar-refractivity contribution in [3.8, 4) is 0 Å². The Labute approximate surface area is 154 Å². The van der Waals surface area contributed by atoms with Gasteiger partial charge in [-0.2, -0.15) is 5.10 Å². The lowest BCUT2D eigenvalue weighted by molar-refractivity contribution is 0.0940. The number of aryl methyl sites for hydroxylation is 1. The van der Waals surface area contributed by atoms with E-state index < -0.39 is 0 Å². The van der Waals surface area contributed by atoms with Gasteiger partial charge in [-0.3, -0.25) is 4.79 Å². The Hall–Kier alpha value is -1.85. The molecule has 1 heterocycles. The Morgan fingerprint density at radius 3 is 2.68 bits per heavy atom. The topological polar surface area (TPSA) is 56.1 Å². The predicted molar refractivity (Wildman–Crippen MR) is 100 cm³/mol. The lowest BCUT2D eigenvalue weighted by atomic mass is 10.2. The SMILES string of the molecule is CCCCOCCCNC(=O)c1c(C)nn(Cc2ccccc2)c1Cl. The summed E-state index contributed by atoms with van der Waals surface area (Å²) in [6.45, 7) is 6.47. The van der Waals surface area contributed by atoms with E-state index in [0.29, 0.717) is 36.1 Å². The number of carbonyl (C=O) groups is 1. The van der Waals surface area contributed by atoms with E-state index in [1.807, 2.05) is 30.3 Å². The molecule has 1 amide bonds. The first-order valence-electron chi connectivity index (χ1n) is 8.76. The van der Waals surface area contributed by atoms with E-state index in [1.165, 1.54) is 0 Å². The molecular weight excluding hydrogens is 338 g/mol. The summed E-state index contributed by atoms with van der Waals surface area (Å²) in [5, 5.41) is 7.67. The zero-order valence-electron chi connectivity index (χ0n) is 14.9. The Kier molecular flexibility index (Phi) is 7.95. The van der Waals surface area contributed by atoms with Gasteiger partial charge in [0.15, 0.2) is 0 Å². The molecule has 2 aromatic rings. The van der Waals surface area contributed by atoms with Crippen molar-refractivity contribution in [2.45, 2.75) is 39.7 Å². The summed E-state index contributed by atoms with van der Waals surface area (Å²) in [4.78, 5) is 12.4. The molecule has 0 fully saturated rings. The summed E-state index contributed by atoms with van der Waals surface area (Å²) in [6.07, 6.45) is 2.98. The normalized spacial score (nSPS) is 10.8. The third-order valence-corrected chi connectivity index (χ3v) is 4.24. The van der Waals surface area contributed by atoms with Gasteiger partial charge in [0, 0.05) is 19.8 Å². The van der Waals surface area contributed by atoms with Gasteiger partial charge >= 0.3 is 0 Å². The summed E-state index contributed by atoms with van der Waals surface area (Å²) in [5.74, 6) is -0.185. The molecule has 0 saturated carbocycles. The first-order chi connectivity index (χ1) is 12.1. The maximum Gasteiger partial charge on any atom is 0.256 e. The molecule has 1 aromatic heterocycles. The molecule has 1 N–H and O–H groups in total. The number of rotatable bonds is 10. The quantitative estimate of drug-likeness (QED) is 0.653. The number of amides is 1. The average molecular weight is 364 g/mol. The van der Waals surface area contributed by atoms with Gasteiger partial charge in [-0.05, 0) is 25.3 Å². The number of nitrogens with zero attached hydrogens (tertiary/aromatic N) is 2. The van der Waals surface area contributed by atoms with Crippen LogP contribution in [0.2, 0.25) is 5.15 Å². The van der Waals surface area contributed by atoms with Crippen LogP contribution in [0.3, 0.4) is 0 Å². The highest BCUT2D eigenvalue weighted by molar-refractivity contribution is 6.33. The van der Waals surface area contributed by atoms with E-state index in [-0.39, 0.29) is 5.91 Å². The minimum absolute atomic E-state index is 0.185. The van der Waals surface area contributed by atoms with Gasteiger partial charge in [-0.15, -0.1) is 0 Å². The number of hydrogen-bond donors (Lipinski definition) is 1. The summed E-state index contributed by atoms with van der Waals surface area (Å²) in [7, 11) is 0. The van der Waals surface area contributed by atoms with Crippen LogP contribution in [0.1, 0.15) is 47.8 Å².